The molecule has 39 heavy (non-hydrogen) atoms. The standard InChI is InChI=1S/C30H31N5O4/c1-30(2,3)39-29(37)34-12-10-25-24(18-34)23-7-6-21(15-26(23)32(25)4)35-13-9-22(16-28(35)36)38-19-20-5-8-27-31-11-14-33(27)17-20/h5-9,11,13-17H,10,12,18-19H2,1-4H3. The summed E-state index contributed by atoms with van der Waals surface area (Å²) < 4.78 is 17.2. The Bertz CT molecular complexity index is 1770. The van der Waals surface area contributed by atoms with Gasteiger partial charge in [0.05, 0.1) is 17.7 Å². The maximum Gasteiger partial charge on any atom is 0.410 e. The third-order valence-electron chi connectivity index (χ3n) is 7.06. The van der Waals surface area contributed by atoms with Gasteiger partial charge in [0.1, 0.15) is 23.6 Å². The van der Waals surface area contributed by atoms with Crippen LogP contribution in [0.4, 0.5) is 4.79 Å². The summed E-state index contributed by atoms with van der Waals surface area (Å²) in [5, 5.41) is 1.08. The normalized spacial score (nSPS) is 13.6. The number of carbonyl (C=O) groups is 1. The highest BCUT2D eigenvalue weighted by Crippen LogP contribution is 2.32. The number of imidazole rings is 1. The molecular formula is C30H31N5O4. The van der Waals surface area contributed by atoms with Crippen LogP contribution in [0.5, 0.6) is 5.75 Å². The van der Waals surface area contributed by atoms with Crippen molar-refractivity contribution >= 4 is 22.6 Å². The van der Waals surface area contributed by atoms with Crippen molar-refractivity contribution in [3.8, 4) is 11.4 Å². The lowest BCUT2D eigenvalue weighted by molar-refractivity contribution is 0.0223. The van der Waals surface area contributed by atoms with Crippen LogP contribution in [0.15, 0.2) is 72.0 Å². The molecule has 6 rings (SSSR count). The number of aryl methyl sites for hydroxylation is 1. The topological polar surface area (TPSA) is 83.0 Å². The van der Waals surface area contributed by atoms with Crippen LogP contribution in [0, 0.1) is 0 Å². The Kier molecular flexibility index (Phi) is 5.94. The third-order valence-corrected chi connectivity index (χ3v) is 7.06. The molecule has 0 fully saturated rings. The molecule has 1 aliphatic heterocycles. The van der Waals surface area contributed by atoms with Crippen LogP contribution in [0.1, 0.15) is 37.6 Å². The third kappa shape index (κ3) is 4.76. The Labute approximate surface area is 225 Å². The molecule has 0 N–H and O–H groups in total. The van der Waals surface area contributed by atoms with Crippen LogP contribution in [-0.2, 0) is 31.4 Å². The van der Waals surface area contributed by atoms with Gasteiger partial charge in [-0.15, -0.1) is 0 Å². The number of hydrogen-bond acceptors (Lipinski definition) is 5. The number of nitrogens with zero attached hydrogens (tertiary/aromatic N) is 5. The highest BCUT2D eigenvalue weighted by molar-refractivity contribution is 5.88. The van der Waals surface area contributed by atoms with Gasteiger partial charge in [-0.25, -0.2) is 9.78 Å². The summed E-state index contributed by atoms with van der Waals surface area (Å²) in [5.74, 6) is 0.514. The fourth-order valence-electron chi connectivity index (χ4n) is 5.18. The van der Waals surface area contributed by atoms with Crippen LogP contribution >= 0.6 is 0 Å². The van der Waals surface area contributed by atoms with E-state index in [4.69, 9.17) is 9.47 Å². The SMILES string of the molecule is Cn1c2c(c3ccc(-n4ccc(OCc5ccc6nccn6c5)cc4=O)cc31)CN(C(=O)OC(C)(C)C)CC2. The first-order valence-electron chi connectivity index (χ1n) is 13.0. The highest BCUT2D eigenvalue weighted by atomic mass is 16.6. The predicted molar refractivity (Wildman–Crippen MR) is 148 cm³/mol. The molecular weight excluding hydrogens is 494 g/mol. The Hall–Kier alpha value is -4.53. The van der Waals surface area contributed by atoms with E-state index in [1.807, 2.05) is 74.9 Å². The van der Waals surface area contributed by atoms with Crippen LogP contribution in [-0.4, -0.2) is 41.7 Å². The summed E-state index contributed by atoms with van der Waals surface area (Å²) >= 11 is 0. The Balaban J connectivity index is 1.22. The lowest BCUT2D eigenvalue weighted by Gasteiger charge is -2.30. The van der Waals surface area contributed by atoms with Crippen molar-refractivity contribution in [2.24, 2.45) is 7.05 Å². The van der Waals surface area contributed by atoms with E-state index >= 15 is 0 Å². The lowest BCUT2D eigenvalue weighted by atomic mass is 10.0. The average molecular weight is 526 g/mol. The largest absolute Gasteiger partial charge is 0.489 e. The minimum atomic E-state index is -0.534. The minimum Gasteiger partial charge on any atom is -0.489 e. The number of hydrogen-bond donors (Lipinski definition) is 0. The van der Waals surface area contributed by atoms with E-state index in [2.05, 4.69) is 9.55 Å². The number of aromatic nitrogens is 4. The number of amides is 1. The first kappa shape index (κ1) is 24.8. The highest BCUT2D eigenvalue weighted by Gasteiger charge is 2.29. The number of benzene rings is 1. The molecule has 4 aromatic heterocycles. The first-order valence-corrected chi connectivity index (χ1v) is 13.0. The summed E-state index contributed by atoms with van der Waals surface area (Å²) in [6, 6.07) is 13.2. The molecule has 9 nitrogen and oxygen atoms in total. The molecule has 1 aliphatic rings. The maximum absolute atomic E-state index is 13.0. The minimum absolute atomic E-state index is 0.174. The lowest BCUT2D eigenvalue weighted by Crippen LogP contribution is -2.40. The van der Waals surface area contributed by atoms with Gasteiger partial charge in [-0.1, -0.05) is 12.1 Å². The van der Waals surface area contributed by atoms with Crippen molar-refractivity contribution in [2.45, 2.75) is 45.9 Å². The monoisotopic (exact) mass is 525 g/mol. The molecule has 0 atom stereocenters. The second-order valence-electron chi connectivity index (χ2n) is 10.9. The van der Waals surface area contributed by atoms with Gasteiger partial charge >= 0.3 is 6.09 Å². The van der Waals surface area contributed by atoms with E-state index in [-0.39, 0.29) is 11.7 Å². The summed E-state index contributed by atoms with van der Waals surface area (Å²) in [4.78, 5) is 31.7. The molecule has 0 spiro atoms. The summed E-state index contributed by atoms with van der Waals surface area (Å²) in [5.41, 5.74) is 5.26. The fraction of sp³-hybridized carbons (Fsp3) is 0.300. The van der Waals surface area contributed by atoms with Crippen LogP contribution < -0.4 is 10.3 Å². The van der Waals surface area contributed by atoms with Crippen LogP contribution in [0.2, 0.25) is 0 Å². The summed E-state index contributed by atoms with van der Waals surface area (Å²) in [6.07, 6.45) is 7.79. The molecule has 5 heterocycles. The molecule has 0 saturated heterocycles. The predicted octanol–water partition coefficient (Wildman–Crippen LogP) is 4.85. The zero-order valence-corrected chi connectivity index (χ0v) is 22.5. The fourth-order valence-corrected chi connectivity index (χ4v) is 5.18. The molecule has 5 aromatic rings. The van der Waals surface area contributed by atoms with Gasteiger partial charge in [-0.3, -0.25) is 9.36 Å². The smallest absolute Gasteiger partial charge is 0.410 e. The zero-order chi connectivity index (χ0) is 27.3. The molecule has 0 unspecified atom stereocenters. The van der Waals surface area contributed by atoms with Gasteiger partial charge in [0.15, 0.2) is 0 Å². The van der Waals surface area contributed by atoms with E-state index in [1.165, 1.54) is 11.8 Å². The van der Waals surface area contributed by atoms with Crippen molar-refractivity contribution in [3.63, 3.8) is 0 Å². The molecule has 200 valence electrons. The number of carbonyl (C=O) groups excluding carboxylic acids is 1. The Morgan fingerprint density at radius 1 is 1.08 bits per heavy atom. The van der Waals surface area contributed by atoms with Gasteiger partial charge in [0.25, 0.3) is 5.56 Å². The number of fused-ring (bicyclic) bond motifs is 4. The second-order valence-corrected chi connectivity index (χ2v) is 10.9. The maximum atomic E-state index is 13.0. The van der Waals surface area contributed by atoms with Gasteiger partial charge in [-0.05, 0) is 45.0 Å². The number of rotatable bonds is 4. The van der Waals surface area contributed by atoms with Crippen LogP contribution in [0.3, 0.4) is 0 Å². The van der Waals surface area contributed by atoms with Crippen molar-refractivity contribution in [2.75, 3.05) is 6.54 Å². The first-order chi connectivity index (χ1) is 18.7. The van der Waals surface area contributed by atoms with Gasteiger partial charge in [-0.2, -0.15) is 0 Å². The molecule has 1 aromatic carbocycles. The van der Waals surface area contributed by atoms with Crippen molar-refractivity contribution in [1.82, 2.24) is 23.4 Å². The van der Waals surface area contributed by atoms with Crippen molar-refractivity contribution in [3.05, 3.63) is 94.4 Å². The number of ether oxygens (including phenoxy) is 2. The number of pyridine rings is 2. The zero-order valence-electron chi connectivity index (χ0n) is 22.5. The van der Waals surface area contributed by atoms with Gasteiger partial charge < -0.3 is 23.3 Å². The molecule has 0 saturated carbocycles. The quantitative estimate of drug-likeness (QED) is 0.335. The molecule has 0 radical (unpaired) electrons. The Morgan fingerprint density at radius 3 is 2.72 bits per heavy atom. The van der Waals surface area contributed by atoms with E-state index in [9.17, 15) is 9.59 Å². The molecule has 1 amide bonds. The van der Waals surface area contributed by atoms with E-state index < -0.39 is 5.60 Å². The van der Waals surface area contributed by atoms with Crippen LogP contribution in [0.25, 0.3) is 22.2 Å². The van der Waals surface area contributed by atoms with E-state index in [0.717, 1.165) is 39.8 Å². The Morgan fingerprint density at radius 2 is 1.92 bits per heavy atom. The molecule has 0 aliphatic carbocycles. The van der Waals surface area contributed by atoms with Gasteiger partial charge in [0, 0.05) is 73.1 Å². The van der Waals surface area contributed by atoms with Crippen molar-refractivity contribution < 1.29 is 14.3 Å². The molecule has 9 heteroatoms. The summed E-state index contributed by atoms with van der Waals surface area (Å²) in [7, 11) is 2.04. The van der Waals surface area contributed by atoms with Crippen molar-refractivity contribution in [1.29, 1.82) is 0 Å². The average Bonchev–Trinajstić information content (AvgIpc) is 3.48. The van der Waals surface area contributed by atoms with Gasteiger partial charge in [0.2, 0.25) is 0 Å². The van der Waals surface area contributed by atoms with E-state index in [0.29, 0.717) is 25.4 Å². The molecule has 0 bridgehead atoms. The van der Waals surface area contributed by atoms with E-state index in [1.54, 1.807) is 27.9 Å². The second kappa shape index (κ2) is 9.34. The summed E-state index contributed by atoms with van der Waals surface area (Å²) in [6.45, 7) is 7.09.